The van der Waals surface area contributed by atoms with Gasteiger partial charge in [-0.3, -0.25) is 4.79 Å². The van der Waals surface area contributed by atoms with Crippen LogP contribution in [0, 0.1) is 0 Å². The first kappa shape index (κ1) is 13.9. The maximum Gasteiger partial charge on any atom is 0.193 e. The van der Waals surface area contributed by atoms with E-state index in [9.17, 15) is 4.79 Å². The van der Waals surface area contributed by atoms with Crippen molar-refractivity contribution in [3.8, 4) is 11.5 Å². The quantitative estimate of drug-likeness (QED) is 0.575. The van der Waals surface area contributed by atoms with Gasteiger partial charge in [0.15, 0.2) is 5.78 Å². The molecule has 0 amide bonds. The van der Waals surface area contributed by atoms with Crippen LogP contribution in [-0.2, 0) is 0 Å². The summed E-state index contributed by atoms with van der Waals surface area (Å²) >= 11 is 0. The van der Waals surface area contributed by atoms with Crippen LogP contribution in [0.25, 0.3) is 0 Å². The number of para-hydroxylation sites is 1. The highest BCUT2D eigenvalue weighted by Crippen LogP contribution is 2.22. The van der Waals surface area contributed by atoms with E-state index in [1.54, 1.807) is 48.5 Å². The maximum atomic E-state index is 12.3. The normalized spacial score (nSPS) is 10.2. The lowest BCUT2D eigenvalue weighted by atomic mass is 10.0. The minimum atomic E-state index is -0.0359. The number of anilines is 1. The molecule has 0 atom stereocenters. The fraction of sp³-hybridized carbons (Fsp3) is 0. The van der Waals surface area contributed by atoms with E-state index in [0.29, 0.717) is 22.6 Å². The minimum Gasteiger partial charge on any atom is -0.457 e. The second-order valence-electron chi connectivity index (χ2n) is 4.89. The van der Waals surface area contributed by atoms with Crippen molar-refractivity contribution >= 4 is 11.5 Å². The highest BCUT2D eigenvalue weighted by atomic mass is 16.5. The van der Waals surface area contributed by atoms with Crippen molar-refractivity contribution in [1.82, 2.24) is 0 Å². The Morgan fingerprint density at radius 1 is 0.682 bits per heavy atom. The summed E-state index contributed by atoms with van der Waals surface area (Å²) in [6.07, 6.45) is 0. The number of rotatable bonds is 4. The summed E-state index contributed by atoms with van der Waals surface area (Å²) in [6, 6.07) is 23.5. The Balaban J connectivity index is 1.76. The molecule has 3 nitrogen and oxygen atoms in total. The van der Waals surface area contributed by atoms with Crippen molar-refractivity contribution < 1.29 is 9.53 Å². The van der Waals surface area contributed by atoms with Crippen molar-refractivity contribution in [3.63, 3.8) is 0 Å². The summed E-state index contributed by atoms with van der Waals surface area (Å²) < 4.78 is 5.71. The molecule has 0 aromatic heterocycles. The highest BCUT2D eigenvalue weighted by Gasteiger charge is 2.09. The Kier molecular flexibility index (Phi) is 3.88. The molecular weight excluding hydrogens is 274 g/mol. The number of hydrogen-bond donors (Lipinski definition) is 1. The lowest BCUT2D eigenvalue weighted by Gasteiger charge is -2.06. The minimum absolute atomic E-state index is 0.0359. The van der Waals surface area contributed by atoms with E-state index in [2.05, 4.69) is 0 Å². The fourth-order valence-corrected chi connectivity index (χ4v) is 2.10. The zero-order chi connectivity index (χ0) is 15.4. The SMILES string of the molecule is Nc1ccc(C(=O)c2ccc(Oc3ccccc3)cc2)cc1. The number of carbonyl (C=O) groups excluding carboxylic acids is 1. The molecule has 3 aromatic carbocycles. The van der Waals surface area contributed by atoms with Crippen LogP contribution in [-0.4, -0.2) is 5.78 Å². The van der Waals surface area contributed by atoms with E-state index in [1.807, 2.05) is 30.3 Å². The Morgan fingerprint density at radius 3 is 1.77 bits per heavy atom. The van der Waals surface area contributed by atoms with E-state index < -0.39 is 0 Å². The van der Waals surface area contributed by atoms with Gasteiger partial charge >= 0.3 is 0 Å². The van der Waals surface area contributed by atoms with Crippen LogP contribution < -0.4 is 10.5 Å². The Bertz CT molecular complexity index is 763. The molecular formula is C19H15NO2. The van der Waals surface area contributed by atoms with Gasteiger partial charge in [0, 0.05) is 16.8 Å². The predicted octanol–water partition coefficient (Wildman–Crippen LogP) is 4.29. The van der Waals surface area contributed by atoms with Gasteiger partial charge < -0.3 is 10.5 Å². The summed E-state index contributed by atoms with van der Waals surface area (Å²) in [5, 5.41) is 0. The van der Waals surface area contributed by atoms with Gasteiger partial charge in [-0.25, -0.2) is 0 Å². The first-order valence-corrected chi connectivity index (χ1v) is 6.95. The second-order valence-corrected chi connectivity index (χ2v) is 4.89. The topological polar surface area (TPSA) is 52.3 Å². The zero-order valence-corrected chi connectivity index (χ0v) is 11.9. The molecule has 0 heterocycles. The standard InChI is InChI=1S/C19H15NO2/c20-16-10-6-14(7-11-16)19(21)15-8-12-18(13-9-15)22-17-4-2-1-3-5-17/h1-13H,20H2. The molecule has 3 heteroatoms. The number of nitrogens with two attached hydrogens (primary N) is 1. The average molecular weight is 289 g/mol. The number of ether oxygens (including phenoxy) is 1. The van der Waals surface area contributed by atoms with Gasteiger partial charge in [-0.05, 0) is 60.7 Å². The molecule has 0 aliphatic heterocycles. The van der Waals surface area contributed by atoms with Crippen molar-refractivity contribution in [2.24, 2.45) is 0 Å². The van der Waals surface area contributed by atoms with Gasteiger partial charge in [-0.2, -0.15) is 0 Å². The van der Waals surface area contributed by atoms with Crippen molar-refractivity contribution in [2.75, 3.05) is 5.73 Å². The molecule has 0 aliphatic carbocycles. The molecule has 0 radical (unpaired) electrons. The number of benzene rings is 3. The van der Waals surface area contributed by atoms with Crippen molar-refractivity contribution in [1.29, 1.82) is 0 Å². The summed E-state index contributed by atoms with van der Waals surface area (Å²) in [7, 11) is 0. The van der Waals surface area contributed by atoms with Gasteiger partial charge in [0.25, 0.3) is 0 Å². The van der Waals surface area contributed by atoms with Crippen LogP contribution in [0.5, 0.6) is 11.5 Å². The third-order valence-corrected chi connectivity index (χ3v) is 3.27. The smallest absolute Gasteiger partial charge is 0.193 e. The van der Waals surface area contributed by atoms with Crippen LogP contribution >= 0.6 is 0 Å². The van der Waals surface area contributed by atoms with Gasteiger partial charge in [-0.1, -0.05) is 18.2 Å². The molecule has 0 unspecified atom stereocenters. The molecule has 2 N–H and O–H groups in total. The molecule has 0 spiro atoms. The van der Waals surface area contributed by atoms with E-state index >= 15 is 0 Å². The Morgan fingerprint density at radius 2 is 1.18 bits per heavy atom. The third kappa shape index (κ3) is 3.15. The van der Waals surface area contributed by atoms with Gasteiger partial charge in [-0.15, -0.1) is 0 Å². The zero-order valence-electron chi connectivity index (χ0n) is 11.9. The van der Waals surface area contributed by atoms with Crippen LogP contribution in [0.3, 0.4) is 0 Å². The fourth-order valence-electron chi connectivity index (χ4n) is 2.10. The van der Waals surface area contributed by atoms with E-state index in [4.69, 9.17) is 10.5 Å². The number of ketones is 1. The number of carbonyl (C=O) groups is 1. The molecule has 3 aromatic rings. The summed E-state index contributed by atoms with van der Waals surface area (Å²) in [5.41, 5.74) is 7.51. The van der Waals surface area contributed by atoms with Crippen molar-refractivity contribution in [2.45, 2.75) is 0 Å². The summed E-state index contributed by atoms with van der Waals surface area (Å²) in [5.74, 6) is 1.42. The lowest BCUT2D eigenvalue weighted by Crippen LogP contribution is -2.01. The monoisotopic (exact) mass is 289 g/mol. The molecule has 0 fully saturated rings. The Labute approximate surface area is 129 Å². The molecule has 0 bridgehead atoms. The van der Waals surface area contributed by atoms with Crippen LogP contribution in [0.4, 0.5) is 5.69 Å². The Hall–Kier alpha value is -3.07. The van der Waals surface area contributed by atoms with Crippen molar-refractivity contribution in [3.05, 3.63) is 90.0 Å². The van der Waals surface area contributed by atoms with Gasteiger partial charge in [0.1, 0.15) is 11.5 Å². The molecule has 0 saturated heterocycles. The summed E-state index contributed by atoms with van der Waals surface area (Å²) in [6.45, 7) is 0. The van der Waals surface area contributed by atoms with E-state index in [1.165, 1.54) is 0 Å². The number of nitrogen functional groups attached to an aromatic ring is 1. The molecule has 22 heavy (non-hydrogen) atoms. The molecule has 0 aliphatic rings. The van der Waals surface area contributed by atoms with E-state index in [0.717, 1.165) is 5.75 Å². The van der Waals surface area contributed by atoms with E-state index in [-0.39, 0.29) is 5.78 Å². The van der Waals surface area contributed by atoms with Crippen LogP contribution in [0.1, 0.15) is 15.9 Å². The summed E-state index contributed by atoms with van der Waals surface area (Å²) in [4.78, 5) is 12.3. The van der Waals surface area contributed by atoms with Gasteiger partial charge in [0.2, 0.25) is 0 Å². The maximum absolute atomic E-state index is 12.3. The number of hydrogen-bond acceptors (Lipinski definition) is 3. The van der Waals surface area contributed by atoms with Crippen LogP contribution in [0.15, 0.2) is 78.9 Å². The average Bonchev–Trinajstić information content (AvgIpc) is 2.57. The largest absolute Gasteiger partial charge is 0.457 e. The third-order valence-electron chi connectivity index (χ3n) is 3.27. The highest BCUT2D eigenvalue weighted by molar-refractivity contribution is 6.09. The first-order chi connectivity index (χ1) is 10.7. The van der Waals surface area contributed by atoms with Gasteiger partial charge in [0.05, 0.1) is 0 Å². The predicted molar refractivity (Wildman–Crippen MR) is 87.2 cm³/mol. The first-order valence-electron chi connectivity index (χ1n) is 6.95. The molecule has 3 rings (SSSR count). The molecule has 0 saturated carbocycles. The van der Waals surface area contributed by atoms with Crippen LogP contribution in [0.2, 0.25) is 0 Å². The lowest BCUT2D eigenvalue weighted by molar-refractivity contribution is 0.103. The second kappa shape index (κ2) is 6.14. The molecule has 108 valence electrons.